The maximum absolute atomic E-state index is 12.1. The SMILES string of the molecule is C=CCON1C(=O)CC(C(=O)OC)C12CCNCC2. The predicted molar refractivity (Wildman–Crippen MR) is 68.0 cm³/mol. The Hall–Kier alpha value is -1.40. The number of esters is 1. The lowest BCUT2D eigenvalue weighted by Gasteiger charge is -2.42. The fourth-order valence-corrected chi connectivity index (χ4v) is 3.02. The number of hydrogen-bond donors (Lipinski definition) is 1. The van der Waals surface area contributed by atoms with Gasteiger partial charge < -0.3 is 10.1 Å². The molecule has 0 aromatic carbocycles. The van der Waals surface area contributed by atoms with Crippen molar-refractivity contribution in [3.05, 3.63) is 12.7 Å². The summed E-state index contributed by atoms with van der Waals surface area (Å²) in [6.45, 7) is 5.36. The molecule has 0 saturated carbocycles. The molecule has 0 radical (unpaired) electrons. The van der Waals surface area contributed by atoms with E-state index in [1.807, 2.05) is 0 Å². The van der Waals surface area contributed by atoms with E-state index in [0.29, 0.717) is 12.8 Å². The zero-order valence-electron chi connectivity index (χ0n) is 11.2. The normalized spacial score (nSPS) is 25.6. The van der Waals surface area contributed by atoms with Crippen LogP contribution in [0.4, 0.5) is 0 Å². The molecule has 1 spiro atoms. The summed E-state index contributed by atoms with van der Waals surface area (Å²) in [6, 6.07) is 0. The average Bonchev–Trinajstić information content (AvgIpc) is 2.69. The minimum absolute atomic E-state index is 0.154. The third-order valence-corrected chi connectivity index (χ3v) is 3.93. The molecule has 19 heavy (non-hydrogen) atoms. The molecule has 2 saturated heterocycles. The zero-order chi connectivity index (χ0) is 13.9. The van der Waals surface area contributed by atoms with Crippen LogP contribution in [0.2, 0.25) is 0 Å². The molecule has 2 aliphatic heterocycles. The van der Waals surface area contributed by atoms with Gasteiger partial charge in [0.25, 0.3) is 0 Å². The van der Waals surface area contributed by atoms with Crippen LogP contribution in [0.5, 0.6) is 0 Å². The van der Waals surface area contributed by atoms with Crippen molar-refractivity contribution in [2.45, 2.75) is 24.8 Å². The van der Waals surface area contributed by atoms with Crippen LogP contribution in [0.1, 0.15) is 19.3 Å². The summed E-state index contributed by atoms with van der Waals surface area (Å²) in [5.74, 6) is -0.934. The Balaban J connectivity index is 2.28. The number of hydroxylamine groups is 2. The monoisotopic (exact) mass is 268 g/mol. The summed E-state index contributed by atoms with van der Waals surface area (Å²) in [5, 5.41) is 4.64. The fourth-order valence-electron chi connectivity index (χ4n) is 3.02. The van der Waals surface area contributed by atoms with Gasteiger partial charge in [-0.1, -0.05) is 6.08 Å². The Kier molecular flexibility index (Phi) is 4.21. The van der Waals surface area contributed by atoms with E-state index in [-0.39, 0.29) is 24.9 Å². The molecule has 1 unspecified atom stereocenters. The Morgan fingerprint density at radius 1 is 1.58 bits per heavy atom. The maximum Gasteiger partial charge on any atom is 0.311 e. The molecular weight excluding hydrogens is 248 g/mol. The predicted octanol–water partition coefficient (Wildman–Crippen LogP) is 0.248. The first-order chi connectivity index (χ1) is 9.15. The number of nitrogens with zero attached hydrogens (tertiary/aromatic N) is 1. The Labute approximate surface area is 112 Å². The quantitative estimate of drug-likeness (QED) is 0.584. The molecule has 1 atom stereocenters. The smallest absolute Gasteiger partial charge is 0.311 e. The number of hydrogen-bond acceptors (Lipinski definition) is 5. The van der Waals surface area contributed by atoms with Crippen molar-refractivity contribution in [3.8, 4) is 0 Å². The van der Waals surface area contributed by atoms with Crippen LogP contribution in [0.15, 0.2) is 12.7 Å². The number of carbonyl (C=O) groups is 2. The molecule has 0 aliphatic carbocycles. The van der Waals surface area contributed by atoms with Crippen molar-refractivity contribution in [1.29, 1.82) is 0 Å². The van der Waals surface area contributed by atoms with Crippen LogP contribution < -0.4 is 5.32 Å². The molecule has 2 rings (SSSR count). The van der Waals surface area contributed by atoms with Crippen molar-refractivity contribution in [3.63, 3.8) is 0 Å². The third-order valence-electron chi connectivity index (χ3n) is 3.93. The van der Waals surface area contributed by atoms with Crippen LogP contribution in [0.3, 0.4) is 0 Å². The lowest BCUT2D eigenvalue weighted by molar-refractivity contribution is -0.214. The minimum atomic E-state index is -0.571. The van der Waals surface area contributed by atoms with Crippen LogP contribution in [-0.2, 0) is 19.2 Å². The number of ether oxygens (including phenoxy) is 1. The van der Waals surface area contributed by atoms with E-state index >= 15 is 0 Å². The van der Waals surface area contributed by atoms with Crippen molar-refractivity contribution < 1.29 is 19.2 Å². The van der Waals surface area contributed by atoms with Gasteiger partial charge in [-0.15, -0.1) is 6.58 Å². The number of piperidine rings is 1. The highest BCUT2D eigenvalue weighted by molar-refractivity contribution is 5.88. The number of amides is 1. The van der Waals surface area contributed by atoms with Gasteiger partial charge in [-0.2, -0.15) is 0 Å². The van der Waals surface area contributed by atoms with Crippen LogP contribution in [0, 0.1) is 5.92 Å². The molecule has 0 aromatic rings. The molecule has 106 valence electrons. The Morgan fingerprint density at radius 2 is 2.26 bits per heavy atom. The van der Waals surface area contributed by atoms with Gasteiger partial charge in [-0.25, -0.2) is 5.06 Å². The second-order valence-corrected chi connectivity index (χ2v) is 4.91. The standard InChI is InChI=1S/C13H20N2O4/c1-3-8-19-15-11(16)9-10(12(17)18-2)13(15)4-6-14-7-5-13/h3,10,14H,1,4-9H2,2H3. The number of nitrogens with one attached hydrogen (secondary N) is 1. The van der Waals surface area contributed by atoms with E-state index in [0.717, 1.165) is 13.1 Å². The highest BCUT2D eigenvalue weighted by atomic mass is 16.7. The topological polar surface area (TPSA) is 67.9 Å². The highest BCUT2D eigenvalue weighted by Crippen LogP contribution is 2.43. The van der Waals surface area contributed by atoms with Gasteiger partial charge in [0.05, 0.1) is 25.2 Å². The van der Waals surface area contributed by atoms with E-state index in [1.165, 1.54) is 12.2 Å². The summed E-state index contributed by atoms with van der Waals surface area (Å²) in [5.41, 5.74) is -0.571. The van der Waals surface area contributed by atoms with E-state index in [9.17, 15) is 9.59 Å². The van der Waals surface area contributed by atoms with Gasteiger partial charge in [0, 0.05) is 6.42 Å². The molecule has 6 nitrogen and oxygen atoms in total. The van der Waals surface area contributed by atoms with Crippen molar-refractivity contribution in [1.82, 2.24) is 10.4 Å². The molecule has 6 heteroatoms. The Morgan fingerprint density at radius 3 is 2.84 bits per heavy atom. The van der Waals surface area contributed by atoms with E-state index < -0.39 is 11.5 Å². The molecule has 0 aromatic heterocycles. The van der Waals surface area contributed by atoms with E-state index in [1.54, 1.807) is 6.08 Å². The lowest BCUT2D eigenvalue weighted by atomic mass is 9.78. The molecule has 2 heterocycles. The zero-order valence-corrected chi connectivity index (χ0v) is 11.2. The molecular formula is C13H20N2O4. The third kappa shape index (κ3) is 2.37. The van der Waals surface area contributed by atoms with Gasteiger partial charge in [-0.05, 0) is 25.9 Å². The van der Waals surface area contributed by atoms with Crippen molar-refractivity contribution in [2.24, 2.45) is 5.92 Å². The van der Waals surface area contributed by atoms with Crippen molar-refractivity contribution >= 4 is 11.9 Å². The van der Waals surface area contributed by atoms with E-state index in [4.69, 9.17) is 9.57 Å². The number of methoxy groups -OCH3 is 1. The molecule has 1 amide bonds. The number of carbonyl (C=O) groups excluding carboxylic acids is 2. The molecule has 2 fully saturated rings. The maximum atomic E-state index is 12.1. The van der Waals surface area contributed by atoms with Gasteiger partial charge in [-0.3, -0.25) is 14.4 Å². The lowest BCUT2D eigenvalue weighted by Crippen LogP contribution is -2.56. The highest BCUT2D eigenvalue weighted by Gasteiger charge is 2.57. The number of rotatable bonds is 4. The summed E-state index contributed by atoms with van der Waals surface area (Å²) >= 11 is 0. The summed E-state index contributed by atoms with van der Waals surface area (Å²) in [6.07, 6.45) is 3.13. The Bertz CT molecular complexity index is 377. The average molecular weight is 268 g/mol. The fraction of sp³-hybridized carbons (Fsp3) is 0.692. The molecule has 0 bridgehead atoms. The molecule has 1 N–H and O–H groups in total. The largest absolute Gasteiger partial charge is 0.469 e. The van der Waals surface area contributed by atoms with Gasteiger partial charge >= 0.3 is 5.97 Å². The van der Waals surface area contributed by atoms with Gasteiger partial charge in [0.15, 0.2) is 0 Å². The van der Waals surface area contributed by atoms with Crippen LogP contribution >= 0.6 is 0 Å². The van der Waals surface area contributed by atoms with E-state index in [2.05, 4.69) is 11.9 Å². The van der Waals surface area contributed by atoms with Gasteiger partial charge in [0.2, 0.25) is 5.91 Å². The van der Waals surface area contributed by atoms with Crippen molar-refractivity contribution in [2.75, 3.05) is 26.8 Å². The first-order valence-corrected chi connectivity index (χ1v) is 6.51. The summed E-state index contributed by atoms with van der Waals surface area (Å²) in [7, 11) is 1.36. The van der Waals surface area contributed by atoms with Crippen LogP contribution in [0.25, 0.3) is 0 Å². The first-order valence-electron chi connectivity index (χ1n) is 6.51. The van der Waals surface area contributed by atoms with Gasteiger partial charge in [0.1, 0.15) is 0 Å². The second kappa shape index (κ2) is 5.71. The summed E-state index contributed by atoms with van der Waals surface area (Å²) in [4.78, 5) is 29.6. The molecule has 2 aliphatic rings. The summed E-state index contributed by atoms with van der Waals surface area (Å²) < 4.78 is 4.85. The second-order valence-electron chi connectivity index (χ2n) is 4.91. The first kappa shape index (κ1) is 14.0. The van der Waals surface area contributed by atoms with Crippen LogP contribution in [-0.4, -0.2) is 49.3 Å². The minimum Gasteiger partial charge on any atom is -0.469 e.